The summed E-state index contributed by atoms with van der Waals surface area (Å²) in [4.78, 5) is 29.0. The van der Waals surface area contributed by atoms with Gasteiger partial charge >= 0.3 is 6.03 Å². The molecule has 11 nitrogen and oxygen atoms in total. The predicted molar refractivity (Wildman–Crippen MR) is 141 cm³/mol. The Morgan fingerprint density at radius 1 is 1.11 bits per heavy atom. The fraction of sp³-hybridized carbons (Fsp3) is 0.538. The van der Waals surface area contributed by atoms with Crippen LogP contribution < -0.4 is 15.5 Å². The highest BCUT2D eigenvalue weighted by Gasteiger charge is 2.38. The lowest BCUT2D eigenvalue weighted by Crippen LogP contribution is -2.44. The molecule has 2 aliphatic heterocycles. The Kier molecular flexibility index (Phi) is 7.27. The average Bonchev–Trinajstić information content (AvgIpc) is 3.29. The second-order valence-corrected chi connectivity index (χ2v) is 9.55. The molecule has 5 rings (SSSR count). The van der Waals surface area contributed by atoms with Gasteiger partial charge in [-0.1, -0.05) is 0 Å². The number of aromatic nitrogens is 4. The zero-order chi connectivity index (χ0) is 26.0. The molecule has 4 heterocycles. The molecule has 3 aromatic rings. The average molecular weight is 510 g/mol. The SMILES string of the molecule is CCNC(=O)Nc1ccc(-c2nc(N3CCOCC3C)c3nc(C4(O)CCOCC4)n(CC)c3n2)cc1. The third kappa shape index (κ3) is 4.98. The first-order chi connectivity index (χ1) is 17.9. The number of ether oxygens (including phenoxy) is 2. The highest BCUT2D eigenvalue weighted by Crippen LogP contribution is 2.36. The number of urea groups is 1. The van der Waals surface area contributed by atoms with E-state index in [0.717, 1.165) is 11.4 Å². The number of imidazole rings is 1. The number of carbonyl (C=O) groups excluding carboxylic acids is 1. The Labute approximate surface area is 216 Å². The van der Waals surface area contributed by atoms with Gasteiger partial charge in [-0.15, -0.1) is 0 Å². The molecule has 0 bridgehead atoms. The van der Waals surface area contributed by atoms with Crippen LogP contribution in [0.1, 0.15) is 39.4 Å². The first-order valence-corrected chi connectivity index (χ1v) is 13.0. The molecule has 1 aromatic carbocycles. The molecule has 1 atom stereocenters. The summed E-state index contributed by atoms with van der Waals surface area (Å²) in [5.41, 5.74) is 1.81. The first-order valence-electron chi connectivity index (χ1n) is 13.0. The van der Waals surface area contributed by atoms with E-state index in [4.69, 9.17) is 24.4 Å². The van der Waals surface area contributed by atoms with Crippen molar-refractivity contribution in [3.63, 3.8) is 0 Å². The summed E-state index contributed by atoms with van der Waals surface area (Å²) in [7, 11) is 0. The van der Waals surface area contributed by atoms with E-state index >= 15 is 0 Å². The lowest BCUT2D eigenvalue weighted by molar-refractivity contribution is -0.0749. The number of carbonyl (C=O) groups is 1. The molecular weight excluding hydrogens is 474 g/mol. The van der Waals surface area contributed by atoms with Gasteiger partial charge in [-0.3, -0.25) is 0 Å². The Morgan fingerprint density at radius 2 is 1.86 bits per heavy atom. The highest BCUT2D eigenvalue weighted by atomic mass is 16.5. The molecule has 37 heavy (non-hydrogen) atoms. The fourth-order valence-corrected chi connectivity index (χ4v) is 4.98. The molecule has 2 fully saturated rings. The van der Waals surface area contributed by atoms with Gasteiger partial charge in [0.25, 0.3) is 0 Å². The molecule has 0 aliphatic carbocycles. The van der Waals surface area contributed by atoms with E-state index in [1.165, 1.54) is 0 Å². The molecule has 0 saturated carbocycles. The van der Waals surface area contributed by atoms with E-state index in [1.54, 1.807) is 0 Å². The molecule has 2 aliphatic rings. The van der Waals surface area contributed by atoms with Crippen molar-refractivity contribution < 1.29 is 19.4 Å². The van der Waals surface area contributed by atoms with E-state index in [9.17, 15) is 9.90 Å². The van der Waals surface area contributed by atoms with Crippen molar-refractivity contribution in [2.75, 3.05) is 49.7 Å². The van der Waals surface area contributed by atoms with E-state index in [-0.39, 0.29) is 12.1 Å². The topological polar surface area (TPSA) is 127 Å². The van der Waals surface area contributed by atoms with Crippen LogP contribution in [0.3, 0.4) is 0 Å². The Hall–Kier alpha value is -3.28. The molecule has 11 heteroatoms. The van der Waals surface area contributed by atoms with Crippen LogP contribution in [0.4, 0.5) is 16.3 Å². The zero-order valence-corrected chi connectivity index (χ0v) is 21.7. The maximum atomic E-state index is 11.9. The summed E-state index contributed by atoms with van der Waals surface area (Å²) in [5.74, 6) is 1.92. The van der Waals surface area contributed by atoms with Crippen LogP contribution in [0.2, 0.25) is 0 Å². The minimum Gasteiger partial charge on any atom is -0.382 e. The summed E-state index contributed by atoms with van der Waals surface area (Å²) in [6, 6.07) is 7.33. The number of benzene rings is 1. The van der Waals surface area contributed by atoms with Crippen LogP contribution in [-0.2, 0) is 21.6 Å². The summed E-state index contributed by atoms with van der Waals surface area (Å²) in [5, 5.41) is 17.1. The van der Waals surface area contributed by atoms with Gasteiger partial charge in [0.1, 0.15) is 11.4 Å². The Balaban J connectivity index is 1.62. The number of hydrogen-bond acceptors (Lipinski definition) is 8. The zero-order valence-electron chi connectivity index (χ0n) is 21.7. The number of amides is 2. The number of morpholine rings is 1. The number of nitrogens with zero attached hydrogens (tertiary/aromatic N) is 5. The molecule has 2 saturated heterocycles. The minimum absolute atomic E-state index is 0.116. The normalized spacial score (nSPS) is 19.7. The van der Waals surface area contributed by atoms with Crippen molar-refractivity contribution in [1.82, 2.24) is 24.8 Å². The standard InChI is InChI=1S/C26H35N7O4/c1-4-27-25(34)28-19-8-6-18(7-9-19)21-30-22-20(23(31-21)33-12-15-37-16-17(33)3)29-24(32(22)5-2)26(35)10-13-36-14-11-26/h6-9,17,35H,4-5,10-16H2,1-3H3,(H2,27,28,34). The number of aliphatic hydroxyl groups is 1. The third-order valence-corrected chi connectivity index (χ3v) is 7.01. The number of nitrogens with one attached hydrogen (secondary N) is 2. The second kappa shape index (κ2) is 10.6. The van der Waals surface area contributed by atoms with Crippen LogP contribution in [0.5, 0.6) is 0 Å². The molecular formula is C26H35N7O4. The lowest BCUT2D eigenvalue weighted by atomic mass is 9.93. The molecule has 0 radical (unpaired) electrons. The van der Waals surface area contributed by atoms with Crippen molar-refractivity contribution in [2.45, 2.75) is 51.8 Å². The van der Waals surface area contributed by atoms with Gasteiger partial charge in [0.15, 0.2) is 22.8 Å². The molecule has 198 valence electrons. The number of fused-ring (bicyclic) bond motifs is 1. The maximum absolute atomic E-state index is 11.9. The fourth-order valence-electron chi connectivity index (χ4n) is 4.98. The summed E-state index contributed by atoms with van der Waals surface area (Å²) in [6.07, 6.45) is 0.972. The van der Waals surface area contributed by atoms with Gasteiger partial charge in [0, 0.05) is 56.9 Å². The quantitative estimate of drug-likeness (QED) is 0.463. The second-order valence-electron chi connectivity index (χ2n) is 9.55. The van der Waals surface area contributed by atoms with Crippen molar-refractivity contribution in [1.29, 1.82) is 0 Å². The van der Waals surface area contributed by atoms with Crippen molar-refractivity contribution in [3.05, 3.63) is 30.1 Å². The molecule has 0 spiro atoms. The maximum Gasteiger partial charge on any atom is 0.319 e. The number of rotatable bonds is 6. The van der Waals surface area contributed by atoms with E-state index in [1.807, 2.05) is 42.7 Å². The van der Waals surface area contributed by atoms with Crippen molar-refractivity contribution >= 4 is 28.7 Å². The summed E-state index contributed by atoms with van der Waals surface area (Å²) >= 11 is 0. The number of aryl methyl sites for hydroxylation is 1. The Bertz CT molecular complexity index is 1250. The van der Waals surface area contributed by atoms with Gasteiger partial charge in [0.05, 0.1) is 19.3 Å². The summed E-state index contributed by atoms with van der Waals surface area (Å²) in [6.45, 7) is 10.1. The van der Waals surface area contributed by atoms with E-state index < -0.39 is 5.60 Å². The van der Waals surface area contributed by atoms with E-state index in [0.29, 0.717) is 87.4 Å². The van der Waals surface area contributed by atoms with Crippen molar-refractivity contribution in [3.8, 4) is 11.4 Å². The van der Waals surface area contributed by atoms with Gasteiger partial charge in [-0.2, -0.15) is 0 Å². The van der Waals surface area contributed by atoms with E-state index in [2.05, 4.69) is 22.5 Å². The van der Waals surface area contributed by atoms with Gasteiger partial charge in [-0.05, 0) is 45.0 Å². The van der Waals surface area contributed by atoms with Crippen LogP contribution in [0, 0.1) is 0 Å². The van der Waals surface area contributed by atoms with Crippen LogP contribution in [0.25, 0.3) is 22.6 Å². The molecule has 3 N–H and O–H groups in total. The smallest absolute Gasteiger partial charge is 0.319 e. The molecule has 2 aromatic heterocycles. The monoisotopic (exact) mass is 509 g/mol. The Morgan fingerprint density at radius 3 is 2.54 bits per heavy atom. The highest BCUT2D eigenvalue weighted by molar-refractivity contribution is 5.90. The predicted octanol–water partition coefficient (Wildman–Crippen LogP) is 2.88. The first kappa shape index (κ1) is 25.4. The minimum atomic E-state index is -1.07. The van der Waals surface area contributed by atoms with Crippen LogP contribution >= 0.6 is 0 Å². The van der Waals surface area contributed by atoms with Crippen LogP contribution in [0.15, 0.2) is 24.3 Å². The number of hydrogen-bond donors (Lipinski definition) is 3. The van der Waals surface area contributed by atoms with Crippen LogP contribution in [-0.4, -0.2) is 76.2 Å². The third-order valence-electron chi connectivity index (χ3n) is 7.01. The van der Waals surface area contributed by atoms with Gasteiger partial charge in [-0.25, -0.2) is 19.7 Å². The molecule has 1 unspecified atom stereocenters. The largest absolute Gasteiger partial charge is 0.382 e. The van der Waals surface area contributed by atoms with Crippen molar-refractivity contribution in [2.24, 2.45) is 0 Å². The molecule has 2 amide bonds. The van der Waals surface area contributed by atoms with Gasteiger partial charge in [0.2, 0.25) is 0 Å². The lowest BCUT2D eigenvalue weighted by Gasteiger charge is -2.34. The van der Waals surface area contributed by atoms with Gasteiger partial charge < -0.3 is 34.7 Å². The number of anilines is 2. The summed E-state index contributed by atoms with van der Waals surface area (Å²) < 4.78 is 13.2.